The van der Waals surface area contributed by atoms with Crippen LogP contribution in [0.1, 0.15) is 45.2 Å². The highest BCUT2D eigenvalue weighted by Gasteiger charge is 2.39. The van der Waals surface area contributed by atoms with E-state index in [1.165, 1.54) is 22.3 Å². The molecular weight excluding hydrogens is 216 g/mol. The lowest BCUT2D eigenvalue weighted by atomic mass is 9.62. The molecule has 0 fully saturated rings. The zero-order valence-corrected chi connectivity index (χ0v) is 11.7. The minimum atomic E-state index is 0.247. The van der Waals surface area contributed by atoms with Gasteiger partial charge in [-0.1, -0.05) is 64.1 Å². The van der Waals surface area contributed by atoms with Gasteiger partial charge in [0.1, 0.15) is 0 Å². The van der Waals surface area contributed by atoms with Crippen molar-refractivity contribution in [1.29, 1.82) is 0 Å². The zero-order valence-electron chi connectivity index (χ0n) is 11.7. The van der Waals surface area contributed by atoms with E-state index in [2.05, 4.69) is 70.5 Å². The lowest BCUT2D eigenvalue weighted by Gasteiger charge is -2.42. The SMILES string of the molecule is CC(C)(C)C1(C)C=CC2=C(C1)c1ccccc1[CH]2. The fourth-order valence-electron chi connectivity index (χ4n) is 2.87. The minimum absolute atomic E-state index is 0.247. The fraction of sp³-hybridized carbons (Fsp3) is 0.389. The molecule has 0 spiro atoms. The topological polar surface area (TPSA) is 0 Å². The Morgan fingerprint density at radius 3 is 2.56 bits per heavy atom. The number of allylic oxidation sites excluding steroid dienone is 4. The highest BCUT2D eigenvalue weighted by atomic mass is 14.4. The van der Waals surface area contributed by atoms with Gasteiger partial charge in [-0.3, -0.25) is 0 Å². The maximum absolute atomic E-state index is 2.41. The van der Waals surface area contributed by atoms with Crippen LogP contribution >= 0.6 is 0 Å². The lowest BCUT2D eigenvalue weighted by molar-refractivity contribution is 0.173. The molecule has 0 saturated heterocycles. The molecule has 3 rings (SSSR count). The van der Waals surface area contributed by atoms with Gasteiger partial charge >= 0.3 is 0 Å². The van der Waals surface area contributed by atoms with E-state index < -0.39 is 0 Å². The minimum Gasteiger partial charge on any atom is -0.0774 e. The summed E-state index contributed by atoms with van der Waals surface area (Å²) >= 11 is 0. The van der Waals surface area contributed by atoms with E-state index in [0.717, 1.165) is 6.42 Å². The third kappa shape index (κ3) is 1.59. The van der Waals surface area contributed by atoms with E-state index in [1.807, 2.05) is 0 Å². The second kappa shape index (κ2) is 3.60. The molecule has 1 atom stereocenters. The van der Waals surface area contributed by atoms with E-state index in [9.17, 15) is 0 Å². The second-order valence-electron chi connectivity index (χ2n) is 6.84. The Bertz CT molecular complexity index is 552. The lowest BCUT2D eigenvalue weighted by Crippen LogP contribution is -2.32. The van der Waals surface area contributed by atoms with Crippen LogP contribution in [0, 0.1) is 17.3 Å². The van der Waals surface area contributed by atoms with E-state index in [0.29, 0.717) is 5.41 Å². The van der Waals surface area contributed by atoms with Gasteiger partial charge in [-0.15, -0.1) is 0 Å². The predicted molar refractivity (Wildman–Crippen MR) is 78.1 cm³/mol. The summed E-state index contributed by atoms with van der Waals surface area (Å²) in [5.41, 5.74) is 6.30. The quantitative estimate of drug-likeness (QED) is 0.594. The van der Waals surface area contributed by atoms with Crippen LogP contribution in [0.5, 0.6) is 0 Å². The Hall–Kier alpha value is -1.30. The summed E-state index contributed by atoms with van der Waals surface area (Å²) in [6.45, 7) is 9.41. The molecule has 0 bridgehead atoms. The predicted octanol–water partition coefficient (Wildman–Crippen LogP) is 5.02. The first-order valence-electron chi connectivity index (χ1n) is 6.77. The van der Waals surface area contributed by atoms with Crippen molar-refractivity contribution in [3.8, 4) is 0 Å². The molecular formula is C18H21. The first-order chi connectivity index (χ1) is 8.41. The van der Waals surface area contributed by atoms with Gasteiger partial charge in [-0.05, 0) is 39.5 Å². The van der Waals surface area contributed by atoms with Gasteiger partial charge in [0.05, 0.1) is 0 Å². The van der Waals surface area contributed by atoms with Gasteiger partial charge in [0.15, 0.2) is 0 Å². The summed E-state index contributed by atoms with van der Waals surface area (Å²) in [6, 6.07) is 8.75. The molecule has 0 aromatic heterocycles. The van der Waals surface area contributed by atoms with Crippen LogP contribution in [0.25, 0.3) is 5.57 Å². The molecule has 1 aromatic rings. The van der Waals surface area contributed by atoms with Crippen molar-refractivity contribution in [2.75, 3.05) is 0 Å². The van der Waals surface area contributed by atoms with Crippen LogP contribution in [0.15, 0.2) is 42.0 Å². The van der Waals surface area contributed by atoms with Crippen molar-refractivity contribution in [3.63, 3.8) is 0 Å². The van der Waals surface area contributed by atoms with Crippen LogP contribution < -0.4 is 0 Å². The molecule has 0 heteroatoms. The molecule has 0 amide bonds. The van der Waals surface area contributed by atoms with Gasteiger partial charge in [0, 0.05) is 6.42 Å². The number of rotatable bonds is 0. The highest BCUT2D eigenvalue weighted by Crippen LogP contribution is 2.52. The number of hydrogen-bond acceptors (Lipinski definition) is 0. The molecule has 93 valence electrons. The van der Waals surface area contributed by atoms with Gasteiger partial charge < -0.3 is 0 Å². The Balaban J connectivity index is 2.03. The summed E-state index contributed by atoms with van der Waals surface area (Å²) in [4.78, 5) is 0. The summed E-state index contributed by atoms with van der Waals surface area (Å²) in [6.07, 6.45) is 8.21. The Morgan fingerprint density at radius 2 is 1.83 bits per heavy atom. The number of fused-ring (bicyclic) bond motifs is 2. The van der Waals surface area contributed by atoms with Gasteiger partial charge in [-0.25, -0.2) is 0 Å². The maximum atomic E-state index is 2.41. The molecule has 1 radical (unpaired) electrons. The van der Waals surface area contributed by atoms with Gasteiger partial charge in [0.2, 0.25) is 0 Å². The molecule has 0 aliphatic heterocycles. The third-order valence-electron chi connectivity index (χ3n) is 4.83. The second-order valence-corrected chi connectivity index (χ2v) is 6.84. The van der Waals surface area contributed by atoms with Crippen LogP contribution in [0.4, 0.5) is 0 Å². The maximum Gasteiger partial charge on any atom is 0.0208 e. The average molecular weight is 237 g/mol. The van der Waals surface area contributed by atoms with Gasteiger partial charge in [0.25, 0.3) is 0 Å². The normalized spacial score (nSPS) is 26.2. The summed E-state index contributed by atoms with van der Waals surface area (Å²) in [7, 11) is 0. The van der Waals surface area contributed by atoms with Crippen molar-refractivity contribution in [3.05, 3.63) is 59.5 Å². The van der Waals surface area contributed by atoms with Crippen LogP contribution in [0.2, 0.25) is 0 Å². The van der Waals surface area contributed by atoms with Crippen molar-refractivity contribution < 1.29 is 0 Å². The highest BCUT2D eigenvalue weighted by molar-refractivity contribution is 5.84. The summed E-state index contributed by atoms with van der Waals surface area (Å²) in [5.74, 6) is 0. The van der Waals surface area contributed by atoms with Crippen molar-refractivity contribution in [1.82, 2.24) is 0 Å². The molecule has 2 aliphatic carbocycles. The third-order valence-corrected chi connectivity index (χ3v) is 4.83. The van der Waals surface area contributed by atoms with E-state index in [1.54, 1.807) is 0 Å². The first-order valence-corrected chi connectivity index (χ1v) is 6.77. The molecule has 0 N–H and O–H groups in total. The van der Waals surface area contributed by atoms with Crippen molar-refractivity contribution in [2.24, 2.45) is 10.8 Å². The standard InChI is InChI=1S/C18H21/c1-17(2,3)18(4)10-9-14-11-13-7-5-6-8-15(13)16(14)12-18/h5-11H,12H2,1-4H3. The molecule has 0 nitrogen and oxygen atoms in total. The van der Waals surface area contributed by atoms with Crippen molar-refractivity contribution in [2.45, 2.75) is 34.1 Å². The smallest absolute Gasteiger partial charge is 0.0208 e. The number of hydrogen-bond donors (Lipinski definition) is 0. The van der Waals surface area contributed by atoms with E-state index >= 15 is 0 Å². The largest absolute Gasteiger partial charge is 0.0774 e. The number of benzene rings is 1. The first kappa shape index (κ1) is 11.8. The van der Waals surface area contributed by atoms with E-state index in [-0.39, 0.29) is 5.41 Å². The molecule has 2 aliphatic rings. The summed E-state index contributed by atoms with van der Waals surface area (Å²) < 4.78 is 0. The molecule has 18 heavy (non-hydrogen) atoms. The molecule has 1 aromatic carbocycles. The summed E-state index contributed by atoms with van der Waals surface area (Å²) in [5, 5.41) is 0. The van der Waals surface area contributed by atoms with Crippen LogP contribution in [-0.4, -0.2) is 0 Å². The van der Waals surface area contributed by atoms with Crippen LogP contribution in [-0.2, 0) is 0 Å². The van der Waals surface area contributed by atoms with Crippen LogP contribution in [0.3, 0.4) is 0 Å². The Kier molecular flexibility index (Phi) is 2.35. The monoisotopic (exact) mass is 237 g/mol. The fourth-order valence-corrected chi connectivity index (χ4v) is 2.87. The van der Waals surface area contributed by atoms with E-state index in [4.69, 9.17) is 0 Å². The molecule has 1 unspecified atom stereocenters. The average Bonchev–Trinajstić information content (AvgIpc) is 2.66. The molecule has 0 heterocycles. The van der Waals surface area contributed by atoms with Gasteiger partial charge in [-0.2, -0.15) is 0 Å². The Labute approximate surface area is 110 Å². The molecule has 0 saturated carbocycles. The Morgan fingerprint density at radius 1 is 1.11 bits per heavy atom. The zero-order chi connectivity index (χ0) is 13.0. The van der Waals surface area contributed by atoms with Crippen molar-refractivity contribution >= 4 is 5.57 Å².